The number of methoxy groups -OCH3 is 1. The van der Waals surface area contributed by atoms with Gasteiger partial charge in [0, 0.05) is 16.1 Å². The van der Waals surface area contributed by atoms with Crippen molar-refractivity contribution in [3.63, 3.8) is 0 Å². The molecule has 0 aliphatic carbocycles. The highest BCUT2D eigenvalue weighted by Crippen LogP contribution is 2.32. The molecule has 7 heteroatoms. The van der Waals surface area contributed by atoms with E-state index in [1.54, 1.807) is 49.6 Å². The van der Waals surface area contributed by atoms with Gasteiger partial charge in [0.05, 0.1) is 12.1 Å². The van der Waals surface area contributed by atoms with E-state index >= 15 is 0 Å². The van der Waals surface area contributed by atoms with Crippen molar-refractivity contribution in [2.24, 2.45) is 0 Å². The standard InChI is InChI=1S/C25H20Cl2O5/c1-29-22-7-3-16(12-18(22)15-32-23-9-5-19(26)14-20(23)27)2-6-21(28)17-4-8-24-25(13-17)31-11-10-30-24/h2-9,12-14H,10-11,15H2,1H3/b6-2+. The lowest BCUT2D eigenvalue weighted by molar-refractivity contribution is 0.104. The Bertz CT molecular complexity index is 1170. The zero-order valence-corrected chi connectivity index (χ0v) is 18.8. The van der Waals surface area contributed by atoms with E-state index in [-0.39, 0.29) is 12.4 Å². The molecule has 32 heavy (non-hydrogen) atoms. The van der Waals surface area contributed by atoms with Crippen LogP contribution in [0, 0.1) is 0 Å². The van der Waals surface area contributed by atoms with Crippen LogP contribution < -0.4 is 18.9 Å². The van der Waals surface area contributed by atoms with Crippen molar-refractivity contribution < 1.29 is 23.7 Å². The molecular weight excluding hydrogens is 451 g/mol. The van der Waals surface area contributed by atoms with Crippen LogP contribution in [0.15, 0.2) is 60.7 Å². The van der Waals surface area contributed by atoms with E-state index in [0.717, 1.165) is 11.1 Å². The number of fused-ring (bicyclic) bond motifs is 1. The number of rotatable bonds is 7. The highest BCUT2D eigenvalue weighted by molar-refractivity contribution is 6.35. The van der Waals surface area contributed by atoms with Crippen LogP contribution >= 0.6 is 23.2 Å². The molecule has 0 aromatic heterocycles. The molecule has 0 fully saturated rings. The molecule has 0 saturated carbocycles. The van der Waals surface area contributed by atoms with E-state index in [9.17, 15) is 4.79 Å². The van der Waals surface area contributed by atoms with Crippen LogP contribution in [-0.2, 0) is 6.61 Å². The minimum absolute atomic E-state index is 0.136. The van der Waals surface area contributed by atoms with Crippen LogP contribution in [0.25, 0.3) is 6.08 Å². The third-order valence-electron chi connectivity index (χ3n) is 4.84. The zero-order valence-electron chi connectivity index (χ0n) is 17.3. The molecule has 1 aliphatic rings. The van der Waals surface area contributed by atoms with E-state index in [0.29, 0.717) is 51.8 Å². The van der Waals surface area contributed by atoms with Gasteiger partial charge in [0.15, 0.2) is 17.3 Å². The van der Waals surface area contributed by atoms with Crippen molar-refractivity contribution >= 4 is 35.1 Å². The molecule has 0 N–H and O–H groups in total. The number of benzene rings is 3. The van der Waals surface area contributed by atoms with Crippen LogP contribution in [0.3, 0.4) is 0 Å². The van der Waals surface area contributed by atoms with Crippen LogP contribution in [0.5, 0.6) is 23.0 Å². The summed E-state index contributed by atoms with van der Waals surface area (Å²) in [6.07, 6.45) is 3.27. The summed E-state index contributed by atoms with van der Waals surface area (Å²) in [6.45, 7) is 1.22. The summed E-state index contributed by atoms with van der Waals surface area (Å²) in [5, 5.41) is 0.965. The van der Waals surface area contributed by atoms with Crippen molar-refractivity contribution in [1.29, 1.82) is 0 Å². The molecule has 5 nitrogen and oxygen atoms in total. The summed E-state index contributed by atoms with van der Waals surface area (Å²) < 4.78 is 22.3. The molecule has 0 radical (unpaired) electrons. The maximum atomic E-state index is 12.6. The normalized spacial score (nSPS) is 12.6. The second-order valence-corrected chi connectivity index (χ2v) is 7.83. The van der Waals surface area contributed by atoms with Crippen LogP contribution in [0.2, 0.25) is 10.0 Å². The molecule has 0 unspecified atom stereocenters. The predicted octanol–water partition coefficient (Wildman–Crippen LogP) is 6.25. The van der Waals surface area contributed by atoms with Crippen molar-refractivity contribution in [2.45, 2.75) is 6.61 Å². The lowest BCUT2D eigenvalue weighted by Crippen LogP contribution is -2.15. The topological polar surface area (TPSA) is 54.0 Å². The monoisotopic (exact) mass is 470 g/mol. The highest BCUT2D eigenvalue weighted by Gasteiger charge is 2.14. The van der Waals surface area contributed by atoms with Gasteiger partial charge < -0.3 is 18.9 Å². The molecule has 3 aromatic rings. The van der Waals surface area contributed by atoms with Gasteiger partial charge in [-0.05, 0) is 60.2 Å². The molecule has 0 saturated heterocycles. The van der Waals surface area contributed by atoms with Gasteiger partial charge in [0.1, 0.15) is 31.3 Å². The third kappa shape index (κ3) is 5.18. The average Bonchev–Trinajstić information content (AvgIpc) is 2.81. The molecule has 164 valence electrons. The smallest absolute Gasteiger partial charge is 0.185 e. The highest BCUT2D eigenvalue weighted by atomic mass is 35.5. The van der Waals surface area contributed by atoms with Crippen LogP contribution in [0.4, 0.5) is 0 Å². The molecule has 3 aromatic carbocycles. The summed E-state index contributed by atoms with van der Waals surface area (Å²) >= 11 is 12.1. The molecule has 0 spiro atoms. The quantitative estimate of drug-likeness (QED) is 0.301. The van der Waals surface area contributed by atoms with Gasteiger partial charge in [-0.15, -0.1) is 0 Å². The third-order valence-corrected chi connectivity index (χ3v) is 5.37. The number of carbonyl (C=O) groups excluding carboxylic acids is 1. The Morgan fingerprint density at radius 3 is 2.53 bits per heavy atom. The minimum Gasteiger partial charge on any atom is -0.496 e. The Morgan fingerprint density at radius 1 is 0.969 bits per heavy atom. The van der Waals surface area contributed by atoms with E-state index in [1.807, 2.05) is 18.2 Å². The fourth-order valence-corrected chi connectivity index (χ4v) is 3.69. The number of hydrogen-bond donors (Lipinski definition) is 0. The lowest BCUT2D eigenvalue weighted by atomic mass is 10.1. The molecule has 1 aliphatic heterocycles. The number of halogens is 2. The Kier molecular flexibility index (Phi) is 6.88. The second kappa shape index (κ2) is 9.98. The number of hydrogen-bond acceptors (Lipinski definition) is 5. The molecular formula is C25H20Cl2O5. The molecule has 0 atom stereocenters. The number of allylic oxidation sites excluding steroid dienone is 1. The van der Waals surface area contributed by atoms with E-state index in [1.165, 1.54) is 6.08 Å². The van der Waals surface area contributed by atoms with Crippen molar-refractivity contribution in [1.82, 2.24) is 0 Å². The number of ether oxygens (including phenoxy) is 4. The summed E-state index contributed by atoms with van der Waals surface area (Å²) in [5.74, 6) is 2.29. The summed E-state index contributed by atoms with van der Waals surface area (Å²) in [7, 11) is 1.59. The predicted molar refractivity (Wildman–Crippen MR) is 125 cm³/mol. The summed E-state index contributed by atoms with van der Waals surface area (Å²) in [6, 6.07) is 15.8. The Balaban J connectivity index is 1.49. The Morgan fingerprint density at radius 2 is 1.75 bits per heavy atom. The van der Waals surface area contributed by atoms with Crippen molar-refractivity contribution in [3.8, 4) is 23.0 Å². The molecule has 0 amide bonds. The summed E-state index contributed by atoms with van der Waals surface area (Å²) in [5.41, 5.74) is 2.17. The fraction of sp³-hybridized carbons (Fsp3) is 0.160. The first-order valence-electron chi connectivity index (χ1n) is 9.90. The fourth-order valence-electron chi connectivity index (χ4n) is 3.23. The molecule has 4 rings (SSSR count). The first-order chi connectivity index (χ1) is 15.5. The van der Waals surface area contributed by atoms with Gasteiger partial charge >= 0.3 is 0 Å². The van der Waals surface area contributed by atoms with Gasteiger partial charge in [-0.25, -0.2) is 0 Å². The van der Waals surface area contributed by atoms with Gasteiger partial charge in [-0.3, -0.25) is 4.79 Å². The van der Waals surface area contributed by atoms with E-state index in [4.69, 9.17) is 42.1 Å². The Hall–Kier alpha value is -3.15. The maximum Gasteiger partial charge on any atom is 0.185 e. The van der Waals surface area contributed by atoms with Gasteiger partial charge in [-0.2, -0.15) is 0 Å². The number of ketones is 1. The van der Waals surface area contributed by atoms with Crippen molar-refractivity contribution in [3.05, 3.63) is 87.4 Å². The van der Waals surface area contributed by atoms with E-state index in [2.05, 4.69) is 0 Å². The van der Waals surface area contributed by atoms with Crippen LogP contribution in [-0.4, -0.2) is 26.1 Å². The Labute approximate surface area is 196 Å². The SMILES string of the molecule is COc1ccc(/C=C/C(=O)c2ccc3c(c2)OCCO3)cc1COc1ccc(Cl)cc1Cl. The second-order valence-electron chi connectivity index (χ2n) is 6.99. The van der Waals surface area contributed by atoms with Crippen molar-refractivity contribution in [2.75, 3.05) is 20.3 Å². The summed E-state index contributed by atoms with van der Waals surface area (Å²) in [4.78, 5) is 12.6. The zero-order chi connectivity index (χ0) is 22.5. The lowest BCUT2D eigenvalue weighted by Gasteiger charge is -2.18. The molecule has 0 bridgehead atoms. The number of carbonyl (C=O) groups is 1. The maximum absolute atomic E-state index is 12.6. The average molecular weight is 471 g/mol. The minimum atomic E-state index is -0.136. The van der Waals surface area contributed by atoms with Gasteiger partial charge in [0.2, 0.25) is 0 Å². The molecule has 1 heterocycles. The van der Waals surface area contributed by atoms with Gasteiger partial charge in [-0.1, -0.05) is 35.3 Å². The first-order valence-corrected chi connectivity index (χ1v) is 10.7. The largest absolute Gasteiger partial charge is 0.496 e. The van der Waals surface area contributed by atoms with Crippen LogP contribution in [0.1, 0.15) is 21.5 Å². The van der Waals surface area contributed by atoms with Gasteiger partial charge in [0.25, 0.3) is 0 Å². The van der Waals surface area contributed by atoms with E-state index < -0.39 is 0 Å². The first kappa shape index (κ1) is 22.1.